The maximum atomic E-state index is 11.1. The molecular formula is C14H27NOS. The molecule has 4 unspecified atom stereocenters. The minimum atomic E-state index is 0.124. The zero-order chi connectivity index (χ0) is 12.8. The predicted molar refractivity (Wildman–Crippen MR) is 76.3 cm³/mol. The van der Waals surface area contributed by atoms with Gasteiger partial charge < -0.3 is 5.32 Å². The summed E-state index contributed by atoms with van der Waals surface area (Å²) in [6.07, 6.45) is 8.41. The van der Waals surface area contributed by atoms with E-state index in [0.29, 0.717) is 6.04 Å². The molecule has 1 fully saturated rings. The first-order valence-corrected chi connectivity index (χ1v) is 8.13. The van der Waals surface area contributed by atoms with Crippen molar-refractivity contribution in [2.24, 2.45) is 11.8 Å². The van der Waals surface area contributed by atoms with Crippen molar-refractivity contribution >= 4 is 17.7 Å². The second-order valence-corrected chi connectivity index (χ2v) is 6.68. The van der Waals surface area contributed by atoms with Gasteiger partial charge in [-0.05, 0) is 37.4 Å². The summed E-state index contributed by atoms with van der Waals surface area (Å²) in [5.74, 6) is 1.76. The highest BCUT2D eigenvalue weighted by Gasteiger charge is 2.26. The topological polar surface area (TPSA) is 29.1 Å². The van der Waals surface area contributed by atoms with Crippen molar-refractivity contribution in [2.45, 2.75) is 64.2 Å². The predicted octanol–water partition coefficient (Wildman–Crippen LogP) is 3.46. The average Bonchev–Trinajstić information content (AvgIpc) is 2.52. The Morgan fingerprint density at radius 2 is 1.94 bits per heavy atom. The van der Waals surface area contributed by atoms with E-state index in [1.54, 1.807) is 6.92 Å². The fraction of sp³-hybridized carbons (Fsp3) is 0.929. The maximum absolute atomic E-state index is 11.1. The van der Waals surface area contributed by atoms with E-state index >= 15 is 0 Å². The lowest BCUT2D eigenvalue weighted by Gasteiger charge is -2.27. The number of thioether (sulfide) groups is 1. The molecule has 0 saturated heterocycles. The van der Waals surface area contributed by atoms with Crippen LogP contribution in [0.5, 0.6) is 0 Å². The molecule has 0 bridgehead atoms. The SMILES string of the molecule is CSC(C)C(C)C1CCCC(NC(C)=O)CC1. The Bertz CT molecular complexity index is 244. The van der Waals surface area contributed by atoms with Crippen LogP contribution in [0.3, 0.4) is 0 Å². The molecule has 17 heavy (non-hydrogen) atoms. The highest BCUT2D eigenvalue weighted by atomic mass is 32.2. The van der Waals surface area contributed by atoms with Crippen LogP contribution in [0.15, 0.2) is 0 Å². The molecule has 0 radical (unpaired) electrons. The number of rotatable bonds is 4. The van der Waals surface area contributed by atoms with Crippen molar-refractivity contribution in [3.63, 3.8) is 0 Å². The summed E-state index contributed by atoms with van der Waals surface area (Å²) in [6.45, 7) is 6.36. The van der Waals surface area contributed by atoms with Gasteiger partial charge in [-0.1, -0.05) is 26.7 Å². The van der Waals surface area contributed by atoms with Crippen molar-refractivity contribution in [1.82, 2.24) is 5.32 Å². The number of nitrogens with one attached hydrogen (secondary N) is 1. The minimum Gasteiger partial charge on any atom is -0.354 e. The van der Waals surface area contributed by atoms with Gasteiger partial charge in [0.05, 0.1) is 0 Å². The lowest BCUT2D eigenvalue weighted by atomic mass is 9.85. The molecule has 1 amide bonds. The molecule has 1 aliphatic rings. The van der Waals surface area contributed by atoms with E-state index in [4.69, 9.17) is 0 Å². The van der Waals surface area contributed by atoms with E-state index in [9.17, 15) is 4.79 Å². The Kier molecular flexibility index (Phi) is 6.39. The fourth-order valence-corrected chi connectivity index (χ4v) is 3.54. The Hall–Kier alpha value is -0.180. The minimum absolute atomic E-state index is 0.124. The summed E-state index contributed by atoms with van der Waals surface area (Å²) in [6, 6.07) is 0.425. The second kappa shape index (κ2) is 7.30. The zero-order valence-corrected chi connectivity index (χ0v) is 12.5. The van der Waals surface area contributed by atoms with Crippen LogP contribution in [0, 0.1) is 11.8 Å². The highest BCUT2D eigenvalue weighted by Crippen LogP contribution is 2.33. The smallest absolute Gasteiger partial charge is 0.217 e. The Labute approximate surface area is 110 Å². The summed E-state index contributed by atoms with van der Waals surface area (Å²) < 4.78 is 0. The molecule has 1 N–H and O–H groups in total. The van der Waals surface area contributed by atoms with E-state index in [-0.39, 0.29) is 5.91 Å². The van der Waals surface area contributed by atoms with E-state index in [1.165, 1.54) is 19.3 Å². The Balaban J connectivity index is 2.44. The van der Waals surface area contributed by atoms with Gasteiger partial charge in [0.2, 0.25) is 5.91 Å². The molecule has 2 nitrogen and oxygen atoms in total. The molecule has 100 valence electrons. The molecule has 1 aliphatic carbocycles. The molecule has 1 rings (SSSR count). The quantitative estimate of drug-likeness (QED) is 0.782. The van der Waals surface area contributed by atoms with Crippen LogP contribution < -0.4 is 5.32 Å². The molecule has 0 aromatic carbocycles. The summed E-state index contributed by atoms with van der Waals surface area (Å²) in [4.78, 5) is 11.1. The first-order chi connectivity index (χ1) is 8.04. The van der Waals surface area contributed by atoms with Crippen molar-refractivity contribution in [1.29, 1.82) is 0 Å². The number of hydrogen-bond acceptors (Lipinski definition) is 2. The van der Waals surface area contributed by atoms with E-state index < -0.39 is 0 Å². The van der Waals surface area contributed by atoms with Crippen LogP contribution in [-0.4, -0.2) is 23.5 Å². The zero-order valence-electron chi connectivity index (χ0n) is 11.7. The Morgan fingerprint density at radius 1 is 1.24 bits per heavy atom. The van der Waals surface area contributed by atoms with Crippen LogP contribution in [0.1, 0.15) is 52.9 Å². The molecule has 1 saturated carbocycles. The van der Waals surface area contributed by atoms with Crippen LogP contribution in [0.25, 0.3) is 0 Å². The third kappa shape index (κ3) is 4.90. The largest absolute Gasteiger partial charge is 0.354 e. The first kappa shape index (κ1) is 14.9. The molecule has 0 aromatic rings. The summed E-state index contributed by atoms with van der Waals surface area (Å²) in [5, 5.41) is 3.83. The number of carbonyl (C=O) groups is 1. The number of hydrogen-bond donors (Lipinski definition) is 1. The summed E-state index contributed by atoms with van der Waals surface area (Å²) in [5.41, 5.74) is 0. The van der Waals surface area contributed by atoms with Gasteiger partial charge >= 0.3 is 0 Å². The average molecular weight is 257 g/mol. The van der Waals surface area contributed by atoms with Gasteiger partial charge in [-0.3, -0.25) is 4.79 Å². The van der Waals surface area contributed by atoms with Gasteiger partial charge in [0.1, 0.15) is 0 Å². The monoisotopic (exact) mass is 257 g/mol. The lowest BCUT2D eigenvalue weighted by Crippen LogP contribution is -2.32. The van der Waals surface area contributed by atoms with Gasteiger partial charge in [0, 0.05) is 18.2 Å². The van der Waals surface area contributed by atoms with Crippen LogP contribution in [-0.2, 0) is 4.79 Å². The van der Waals surface area contributed by atoms with E-state index in [1.807, 2.05) is 11.8 Å². The van der Waals surface area contributed by atoms with Gasteiger partial charge in [-0.2, -0.15) is 11.8 Å². The molecule has 0 aromatic heterocycles. The third-order valence-corrected chi connectivity index (χ3v) is 5.45. The summed E-state index contributed by atoms with van der Waals surface area (Å²) in [7, 11) is 0. The lowest BCUT2D eigenvalue weighted by molar-refractivity contribution is -0.119. The van der Waals surface area contributed by atoms with Gasteiger partial charge in [0.15, 0.2) is 0 Å². The molecule has 3 heteroatoms. The standard InChI is InChI=1S/C14H27NOS/c1-10(11(2)17-4)13-6-5-7-14(9-8-13)15-12(3)16/h10-11,13-14H,5-9H2,1-4H3,(H,15,16). The van der Waals surface area contributed by atoms with Crippen LogP contribution in [0.2, 0.25) is 0 Å². The van der Waals surface area contributed by atoms with E-state index in [2.05, 4.69) is 25.4 Å². The van der Waals surface area contributed by atoms with Gasteiger partial charge in [0.25, 0.3) is 0 Å². The normalized spacial score (nSPS) is 29.2. The molecule has 4 atom stereocenters. The molecule has 0 aliphatic heterocycles. The summed E-state index contributed by atoms with van der Waals surface area (Å²) >= 11 is 1.98. The van der Waals surface area contributed by atoms with Crippen molar-refractivity contribution in [3.8, 4) is 0 Å². The fourth-order valence-electron chi connectivity index (χ4n) is 2.89. The molecule has 0 heterocycles. The number of carbonyl (C=O) groups excluding carboxylic acids is 1. The molecular weight excluding hydrogens is 230 g/mol. The van der Waals surface area contributed by atoms with Crippen molar-refractivity contribution in [2.75, 3.05) is 6.26 Å². The molecule has 0 spiro atoms. The first-order valence-electron chi connectivity index (χ1n) is 6.84. The van der Waals surface area contributed by atoms with E-state index in [0.717, 1.165) is 29.9 Å². The van der Waals surface area contributed by atoms with Crippen molar-refractivity contribution in [3.05, 3.63) is 0 Å². The number of amides is 1. The third-order valence-electron chi connectivity index (χ3n) is 4.28. The second-order valence-electron chi connectivity index (χ2n) is 5.47. The van der Waals surface area contributed by atoms with Crippen LogP contribution >= 0.6 is 11.8 Å². The van der Waals surface area contributed by atoms with Crippen molar-refractivity contribution < 1.29 is 4.79 Å². The van der Waals surface area contributed by atoms with Gasteiger partial charge in [-0.25, -0.2) is 0 Å². The van der Waals surface area contributed by atoms with Gasteiger partial charge in [-0.15, -0.1) is 0 Å². The Morgan fingerprint density at radius 3 is 2.53 bits per heavy atom. The van der Waals surface area contributed by atoms with Crippen LogP contribution in [0.4, 0.5) is 0 Å². The maximum Gasteiger partial charge on any atom is 0.217 e. The highest BCUT2D eigenvalue weighted by molar-refractivity contribution is 7.99.